The van der Waals surface area contributed by atoms with E-state index in [-0.39, 0.29) is 0 Å². The summed E-state index contributed by atoms with van der Waals surface area (Å²) in [5.41, 5.74) is -0.0835. The molecule has 1 unspecified atom stereocenters. The first-order valence-electron chi connectivity index (χ1n) is 7.72. The molecule has 5 nitrogen and oxygen atoms in total. The summed E-state index contributed by atoms with van der Waals surface area (Å²) in [4.78, 5) is 9.90. The van der Waals surface area contributed by atoms with Crippen molar-refractivity contribution in [3.63, 3.8) is 0 Å². The Morgan fingerprint density at radius 1 is 1.30 bits per heavy atom. The molecule has 0 fully saturated rings. The third-order valence-corrected chi connectivity index (χ3v) is 4.30. The lowest BCUT2D eigenvalue weighted by atomic mass is 9.96. The lowest BCUT2D eigenvalue weighted by Gasteiger charge is -2.25. The van der Waals surface area contributed by atoms with Crippen molar-refractivity contribution >= 4 is 17.3 Å². The van der Waals surface area contributed by atoms with Crippen molar-refractivity contribution in [1.82, 2.24) is 15.6 Å². The Labute approximate surface area is 141 Å². The number of guanidine groups is 1. The van der Waals surface area contributed by atoms with E-state index in [1.54, 1.807) is 18.3 Å². The highest BCUT2D eigenvalue weighted by molar-refractivity contribution is 7.11. The molecule has 0 aliphatic heterocycles. The van der Waals surface area contributed by atoms with Crippen molar-refractivity contribution in [3.05, 3.63) is 52.0 Å². The van der Waals surface area contributed by atoms with Crippen molar-refractivity contribution in [1.29, 1.82) is 0 Å². The van der Waals surface area contributed by atoms with Crippen LogP contribution in [0.5, 0.6) is 0 Å². The van der Waals surface area contributed by atoms with Crippen LogP contribution in [0.3, 0.4) is 0 Å². The molecule has 6 heteroatoms. The number of hydrogen-bond donors (Lipinski definition) is 3. The van der Waals surface area contributed by atoms with Gasteiger partial charge in [-0.15, -0.1) is 11.3 Å². The minimum atomic E-state index is -0.960. The summed E-state index contributed by atoms with van der Waals surface area (Å²) in [5.74, 6) is 0.690. The summed E-state index contributed by atoms with van der Waals surface area (Å²) >= 11 is 1.65. The summed E-state index contributed by atoms with van der Waals surface area (Å²) < 4.78 is 0. The Balaban J connectivity index is 1.98. The van der Waals surface area contributed by atoms with E-state index in [2.05, 4.69) is 20.6 Å². The Kier molecular flexibility index (Phi) is 6.12. The van der Waals surface area contributed by atoms with Crippen molar-refractivity contribution in [2.24, 2.45) is 4.99 Å². The van der Waals surface area contributed by atoms with Crippen LogP contribution in [0.1, 0.15) is 29.3 Å². The largest absolute Gasteiger partial charge is 0.384 e. The quantitative estimate of drug-likeness (QED) is 0.561. The zero-order chi connectivity index (χ0) is 16.7. The maximum atomic E-state index is 10.6. The Morgan fingerprint density at radius 3 is 2.65 bits per heavy atom. The monoisotopic (exact) mass is 332 g/mol. The molecular weight excluding hydrogens is 308 g/mol. The summed E-state index contributed by atoms with van der Waals surface area (Å²) in [7, 11) is 0. The summed E-state index contributed by atoms with van der Waals surface area (Å²) in [6.07, 6.45) is 1.85. The van der Waals surface area contributed by atoms with E-state index in [0.717, 1.165) is 22.0 Å². The van der Waals surface area contributed by atoms with Crippen LogP contribution in [0.15, 0.2) is 41.5 Å². The molecule has 0 amide bonds. The molecule has 0 spiro atoms. The molecule has 0 saturated carbocycles. The normalized spacial score (nSPS) is 14.3. The fraction of sp³-hybridized carbons (Fsp3) is 0.412. The molecule has 124 valence electrons. The topological polar surface area (TPSA) is 69.5 Å². The van der Waals surface area contributed by atoms with Crippen LogP contribution in [-0.4, -0.2) is 29.1 Å². The molecule has 1 atom stereocenters. The molecule has 1 heterocycles. The number of aromatic nitrogens is 1. The molecule has 2 rings (SSSR count). The van der Waals surface area contributed by atoms with Gasteiger partial charge >= 0.3 is 0 Å². The van der Waals surface area contributed by atoms with Crippen LogP contribution in [0.2, 0.25) is 0 Å². The molecule has 2 aromatic rings. The van der Waals surface area contributed by atoms with Crippen LogP contribution in [-0.2, 0) is 12.1 Å². The smallest absolute Gasteiger partial charge is 0.191 e. The maximum absolute atomic E-state index is 10.6. The first kappa shape index (κ1) is 17.4. The van der Waals surface area contributed by atoms with Gasteiger partial charge < -0.3 is 15.7 Å². The third-order valence-electron chi connectivity index (χ3n) is 3.40. The molecule has 23 heavy (non-hydrogen) atoms. The summed E-state index contributed by atoms with van der Waals surface area (Å²) in [6.45, 7) is 7.52. The first-order chi connectivity index (χ1) is 11.0. The molecule has 0 radical (unpaired) electrons. The van der Waals surface area contributed by atoms with Crippen LogP contribution in [0.4, 0.5) is 0 Å². The van der Waals surface area contributed by atoms with Gasteiger partial charge in [0.15, 0.2) is 5.96 Å². The average Bonchev–Trinajstić information content (AvgIpc) is 2.96. The van der Waals surface area contributed by atoms with Crippen LogP contribution in [0, 0.1) is 6.92 Å². The SMILES string of the molecule is CCNC(=NCc1cnc(C)s1)NCC(C)(O)c1ccccc1. The average molecular weight is 332 g/mol. The number of hydrogen-bond acceptors (Lipinski definition) is 4. The van der Waals surface area contributed by atoms with Gasteiger partial charge in [0.05, 0.1) is 18.1 Å². The second kappa shape index (κ2) is 8.08. The Hall–Kier alpha value is -1.92. The van der Waals surface area contributed by atoms with Gasteiger partial charge in [-0.2, -0.15) is 0 Å². The number of rotatable bonds is 6. The molecule has 0 bridgehead atoms. The molecule has 3 N–H and O–H groups in total. The highest BCUT2D eigenvalue weighted by atomic mass is 32.1. The number of nitrogens with one attached hydrogen (secondary N) is 2. The number of aliphatic hydroxyl groups is 1. The molecule has 0 saturated heterocycles. The standard InChI is InChI=1S/C17H24N4OS/c1-4-18-16(20-11-15-10-19-13(2)23-15)21-12-17(3,22)14-8-6-5-7-9-14/h5-10,22H,4,11-12H2,1-3H3,(H2,18,20,21). The van der Waals surface area contributed by atoms with Crippen molar-refractivity contribution in [2.75, 3.05) is 13.1 Å². The van der Waals surface area contributed by atoms with E-state index in [1.165, 1.54) is 0 Å². The predicted octanol–water partition coefficient (Wildman–Crippen LogP) is 2.41. The second-order valence-electron chi connectivity index (χ2n) is 5.53. The van der Waals surface area contributed by atoms with Crippen molar-refractivity contribution in [3.8, 4) is 0 Å². The fourth-order valence-electron chi connectivity index (χ4n) is 2.13. The van der Waals surface area contributed by atoms with E-state index >= 15 is 0 Å². The lowest BCUT2D eigenvalue weighted by Crippen LogP contribution is -2.44. The van der Waals surface area contributed by atoms with Crippen molar-refractivity contribution < 1.29 is 5.11 Å². The third kappa shape index (κ3) is 5.33. The fourth-order valence-corrected chi connectivity index (χ4v) is 2.85. The predicted molar refractivity (Wildman–Crippen MR) is 95.7 cm³/mol. The van der Waals surface area contributed by atoms with Gasteiger partial charge in [-0.25, -0.2) is 9.98 Å². The zero-order valence-corrected chi connectivity index (χ0v) is 14.7. The second-order valence-corrected chi connectivity index (χ2v) is 6.85. The van der Waals surface area contributed by atoms with Crippen LogP contribution in [0.25, 0.3) is 0 Å². The first-order valence-corrected chi connectivity index (χ1v) is 8.54. The molecule has 0 aliphatic rings. The number of aliphatic imine (C=N–C) groups is 1. The number of benzene rings is 1. The maximum Gasteiger partial charge on any atom is 0.191 e. The molecule has 1 aromatic carbocycles. The van der Waals surface area contributed by atoms with Gasteiger partial charge in [-0.3, -0.25) is 0 Å². The van der Waals surface area contributed by atoms with Gasteiger partial charge in [0.1, 0.15) is 5.60 Å². The molecular formula is C17H24N4OS. The van der Waals surface area contributed by atoms with Crippen LogP contribution >= 0.6 is 11.3 Å². The minimum Gasteiger partial charge on any atom is -0.384 e. The van der Waals surface area contributed by atoms with Crippen LogP contribution < -0.4 is 10.6 Å². The van der Waals surface area contributed by atoms with Gasteiger partial charge in [-0.05, 0) is 26.3 Å². The van der Waals surface area contributed by atoms with Gasteiger partial charge in [0.25, 0.3) is 0 Å². The van der Waals surface area contributed by atoms with E-state index < -0.39 is 5.60 Å². The van der Waals surface area contributed by atoms with Crippen molar-refractivity contribution in [2.45, 2.75) is 32.9 Å². The highest BCUT2D eigenvalue weighted by Crippen LogP contribution is 2.19. The van der Waals surface area contributed by atoms with E-state index in [4.69, 9.17) is 0 Å². The highest BCUT2D eigenvalue weighted by Gasteiger charge is 2.22. The van der Waals surface area contributed by atoms with E-state index in [1.807, 2.05) is 50.4 Å². The Bertz CT molecular complexity index is 637. The minimum absolute atomic E-state index is 0.380. The molecule has 0 aliphatic carbocycles. The van der Waals surface area contributed by atoms with Gasteiger partial charge in [0.2, 0.25) is 0 Å². The summed E-state index contributed by atoms with van der Waals surface area (Å²) in [5, 5.41) is 18.1. The Morgan fingerprint density at radius 2 is 2.04 bits per heavy atom. The lowest BCUT2D eigenvalue weighted by molar-refractivity contribution is 0.0617. The van der Waals surface area contributed by atoms with E-state index in [0.29, 0.717) is 19.0 Å². The number of nitrogens with zero attached hydrogens (tertiary/aromatic N) is 2. The van der Waals surface area contributed by atoms with Gasteiger partial charge in [0, 0.05) is 17.6 Å². The molecule has 1 aromatic heterocycles. The number of thiazole rings is 1. The zero-order valence-electron chi connectivity index (χ0n) is 13.8. The summed E-state index contributed by atoms with van der Waals surface area (Å²) in [6, 6.07) is 9.64. The van der Waals surface area contributed by atoms with E-state index in [9.17, 15) is 5.11 Å². The number of aryl methyl sites for hydroxylation is 1. The van der Waals surface area contributed by atoms with Gasteiger partial charge in [-0.1, -0.05) is 30.3 Å².